The highest BCUT2D eigenvalue weighted by Gasteiger charge is 2.28. The number of anilines is 3. The van der Waals surface area contributed by atoms with Crippen LogP contribution >= 0.6 is 0 Å². The molecule has 0 bridgehead atoms. The predicted molar refractivity (Wildman–Crippen MR) is 184 cm³/mol. The van der Waals surface area contributed by atoms with E-state index < -0.39 is 5.60 Å². The Morgan fingerprint density at radius 1 is 1.04 bits per heavy atom. The summed E-state index contributed by atoms with van der Waals surface area (Å²) in [5.41, 5.74) is 3.17. The lowest BCUT2D eigenvalue weighted by molar-refractivity contribution is 0.0270. The Hall–Kier alpha value is -5.04. The van der Waals surface area contributed by atoms with Crippen LogP contribution in [0.1, 0.15) is 45.6 Å². The first kappa shape index (κ1) is 32.9. The molecule has 48 heavy (non-hydrogen) atoms. The number of aromatic nitrogens is 4. The van der Waals surface area contributed by atoms with Crippen LogP contribution in [0.2, 0.25) is 0 Å². The van der Waals surface area contributed by atoms with Crippen molar-refractivity contribution in [2.45, 2.75) is 51.7 Å². The van der Waals surface area contributed by atoms with E-state index in [0.717, 1.165) is 52.9 Å². The molecule has 1 atom stereocenters. The van der Waals surface area contributed by atoms with E-state index in [1.165, 1.54) is 0 Å². The Bertz CT molecular complexity index is 1810. The summed E-state index contributed by atoms with van der Waals surface area (Å²) in [5.74, 6) is 3.27. The predicted octanol–water partition coefficient (Wildman–Crippen LogP) is 5.57. The second-order valence-electron chi connectivity index (χ2n) is 12.9. The minimum absolute atomic E-state index is 0.0187. The van der Waals surface area contributed by atoms with Gasteiger partial charge < -0.3 is 43.7 Å². The van der Waals surface area contributed by atoms with Gasteiger partial charge in [-0.2, -0.15) is 4.98 Å². The molecule has 254 valence electrons. The zero-order valence-corrected chi connectivity index (χ0v) is 28.3. The minimum Gasteiger partial charge on any atom is -0.493 e. The molecule has 1 fully saturated rings. The molecule has 0 aliphatic carbocycles. The van der Waals surface area contributed by atoms with E-state index in [-0.39, 0.29) is 18.7 Å². The van der Waals surface area contributed by atoms with Crippen molar-refractivity contribution < 1.29 is 28.8 Å². The molecule has 2 aromatic heterocycles. The van der Waals surface area contributed by atoms with E-state index in [0.29, 0.717) is 48.5 Å². The molecule has 4 aromatic rings. The van der Waals surface area contributed by atoms with Gasteiger partial charge in [0.1, 0.15) is 17.7 Å². The number of rotatable bonds is 9. The molecular formula is C35H43N7O6. The molecular weight excluding hydrogens is 614 g/mol. The maximum Gasteiger partial charge on any atom is 0.410 e. The first-order valence-electron chi connectivity index (χ1n) is 16.1. The van der Waals surface area contributed by atoms with Gasteiger partial charge in [0, 0.05) is 37.2 Å². The van der Waals surface area contributed by atoms with Gasteiger partial charge in [0.05, 0.1) is 51.4 Å². The number of aliphatic hydroxyl groups excluding tert-OH is 1. The molecule has 4 heterocycles. The van der Waals surface area contributed by atoms with Crippen molar-refractivity contribution in [1.82, 2.24) is 24.4 Å². The Kier molecular flexibility index (Phi) is 9.31. The molecule has 1 amide bonds. The van der Waals surface area contributed by atoms with Crippen molar-refractivity contribution in [3.05, 3.63) is 54.5 Å². The van der Waals surface area contributed by atoms with E-state index in [4.69, 9.17) is 28.9 Å². The van der Waals surface area contributed by atoms with Gasteiger partial charge in [0.15, 0.2) is 17.3 Å². The number of carbonyl (C=O) groups is 1. The Morgan fingerprint density at radius 3 is 2.46 bits per heavy atom. The Balaban J connectivity index is 1.32. The number of amides is 1. The van der Waals surface area contributed by atoms with Crippen LogP contribution in [0.15, 0.2) is 48.9 Å². The van der Waals surface area contributed by atoms with Crippen LogP contribution < -0.4 is 24.4 Å². The fourth-order valence-electron chi connectivity index (χ4n) is 6.17. The molecule has 2 aliphatic heterocycles. The van der Waals surface area contributed by atoms with Crippen LogP contribution in [0.3, 0.4) is 0 Å². The summed E-state index contributed by atoms with van der Waals surface area (Å²) in [7, 11) is 4.72. The zero-order chi connectivity index (χ0) is 34.0. The second-order valence-corrected chi connectivity index (χ2v) is 12.9. The molecule has 0 radical (unpaired) electrons. The van der Waals surface area contributed by atoms with Crippen LogP contribution in [-0.4, -0.2) is 94.8 Å². The lowest BCUT2D eigenvalue weighted by Crippen LogP contribution is -2.39. The second kappa shape index (κ2) is 13.6. The van der Waals surface area contributed by atoms with Gasteiger partial charge in [0.25, 0.3) is 0 Å². The van der Waals surface area contributed by atoms with Crippen LogP contribution in [-0.2, 0) is 4.74 Å². The summed E-state index contributed by atoms with van der Waals surface area (Å²) >= 11 is 0. The standard InChI is InChI=1S/C35H43N7O6/c1-35(2,3)48-34(44)40-14-11-22(12-15-40)23-9-10-26-27(16-23)37-33(39-32(26)42-13-7-8-24(42)20-43)38-30-19-41(21-36-30)25-17-28(45-4)31(47-6)29(18-25)46-5/h9-11,16-19,21,24,43H,7-8,12-15,20H2,1-6H3,(H,37,38,39)/t24-/m0/s1. The molecule has 0 unspecified atom stereocenters. The molecule has 1 saturated heterocycles. The number of ether oxygens (including phenoxy) is 4. The first-order chi connectivity index (χ1) is 23.1. The summed E-state index contributed by atoms with van der Waals surface area (Å²) in [6.45, 7) is 7.50. The summed E-state index contributed by atoms with van der Waals surface area (Å²) in [6.07, 6.45) is 7.85. The van der Waals surface area contributed by atoms with E-state index >= 15 is 0 Å². The summed E-state index contributed by atoms with van der Waals surface area (Å²) in [6, 6.07) is 9.87. The van der Waals surface area contributed by atoms with Crippen LogP contribution in [0.25, 0.3) is 22.2 Å². The topological polar surface area (TPSA) is 136 Å². The average molecular weight is 658 g/mol. The zero-order valence-electron chi connectivity index (χ0n) is 28.3. The highest BCUT2D eigenvalue weighted by atomic mass is 16.6. The number of aliphatic hydroxyl groups is 1. The van der Waals surface area contributed by atoms with Crippen molar-refractivity contribution in [1.29, 1.82) is 0 Å². The number of hydrogen-bond donors (Lipinski definition) is 2. The van der Waals surface area contributed by atoms with Crippen molar-refractivity contribution in [3.63, 3.8) is 0 Å². The number of benzene rings is 2. The van der Waals surface area contributed by atoms with Crippen molar-refractivity contribution >= 4 is 40.2 Å². The molecule has 2 aromatic carbocycles. The van der Waals surface area contributed by atoms with Crippen LogP contribution in [0.5, 0.6) is 17.2 Å². The third-order valence-corrected chi connectivity index (χ3v) is 8.54. The van der Waals surface area contributed by atoms with Crippen molar-refractivity contribution in [2.75, 3.05) is 57.8 Å². The van der Waals surface area contributed by atoms with Gasteiger partial charge in [-0.05, 0) is 63.3 Å². The van der Waals surface area contributed by atoms with Crippen molar-refractivity contribution in [2.24, 2.45) is 0 Å². The van der Waals surface area contributed by atoms with Gasteiger partial charge in [-0.25, -0.2) is 14.8 Å². The molecule has 0 spiro atoms. The normalized spacial score (nSPS) is 16.6. The van der Waals surface area contributed by atoms with E-state index in [1.807, 2.05) is 43.7 Å². The average Bonchev–Trinajstić information content (AvgIpc) is 3.76. The van der Waals surface area contributed by atoms with Crippen LogP contribution in [0, 0.1) is 0 Å². The highest BCUT2D eigenvalue weighted by Crippen LogP contribution is 2.40. The van der Waals surface area contributed by atoms with E-state index in [2.05, 4.69) is 39.5 Å². The van der Waals surface area contributed by atoms with Gasteiger partial charge in [0.2, 0.25) is 11.7 Å². The fraction of sp³-hybridized carbons (Fsp3) is 0.429. The van der Waals surface area contributed by atoms with E-state index in [1.54, 1.807) is 32.6 Å². The molecule has 0 saturated carbocycles. The largest absolute Gasteiger partial charge is 0.493 e. The van der Waals surface area contributed by atoms with Crippen molar-refractivity contribution in [3.8, 4) is 22.9 Å². The monoisotopic (exact) mass is 657 g/mol. The quantitative estimate of drug-likeness (QED) is 0.234. The van der Waals surface area contributed by atoms with Crippen LogP contribution in [0.4, 0.5) is 22.4 Å². The molecule has 2 aliphatic rings. The molecule has 6 rings (SSSR count). The smallest absolute Gasteiger partial charge is 0.410 e. The van der Waals surface area contributed by atoms with Gasteiger partial charge in [-0.15, -0.1) is 0 Å². The maximum atomic E-state index is 12.6. The Morgan fingerprint density at radius 2 is 1.81 bits per heavy atom. The first-order valence-corrected chi connectivity index (χ1v) is 16.1. The molecule has 13 heteroatoms. The number of fused-ring (bicyclic) bond motifs is 1. The number of carbonyl (C=O) groups excluding carboxylic acids is 1. The highest BCUT2D eigenvalue weighted by molar-refractivity contribution is 5.93. The lowest BCUT2D eigenvalue weighted by Gasteiger charge is -2.29. The number of nitrogens with zero attached hydrogens (tertiary/aromatic N) is 6. The molecule has 2 N–H and O–H groups in total. The number of methoxy groups -OCH3 is 3. The van der Waals surface area contributed by atoms with E-state index in [9.17, 15) is 9.90 Å². The van der Waals surface area contributed by atoms with Gasteiger partial charge >= 0.3 is 6.09 Å². The SMILES string of the molecule is COc1cc(-n2cnc(Nc3nc(N4CCC[C@H]4CO)c4ccc(C5=CCN(C(=O)OC(C)(C)C)CC5)cc4n3)c2)cc(OC)c1OC. The van der Waals surface area contributed by atoms with Gasteiger partial charge in [-0.3, -0.25) is 0 Å². The Labute approximate surface area is 280 Å². The minimum atomic E-state index is -0.540. The maximum absolute atomic E-state index is 12.6. The number of imidazole rings is 1. The lowest BCUT2D eigenvalue weighted by atomic mass is 9.98. The number of nitrogens with one attached hydrogen (secondary N) is 1. The summed E-state index contributed by atoms with van der Waals surface area (Å²) < 4.78 is 23.9. The third kappa shape index (κ3) is 6.82. The molecule has 13 nitrogen and oxygen atoms in total. The third-order valence-electron chi connectivity index (χ3n) is 8.54. The summed E-state index contributed by atoms with van der Waals surface area (Å²) in [4.78, 5) is 30.9. The number of hydrogen-bond acceptors (Lipinski definition) is 11. The van der Waals surface area contributed by atoms with Gasteiger partial charge in [-0.1, -0.05) is 12.1 Å². The summed E-state index contributed by atoms with van der Waals surface area (Å²) in [5, 5.41) is 14.3. The fourth-order valence-corrected chi connectivity index (χ4v) is 6.17.